The molecular weight excluding hydrogens is 206 g/mol. The molecule has 5 heteroatoms. The second-order valence-electron chi connectivity index (χ2n) is 3.35. The molecule has 86 valence electrons. The van der Waals surface area contributed by atoms with Crippen LogP contribution in [0.2, 0.25) is 0 Å². The summed E-state index contributed by atoms with van der Waals surface area (Å²) in [5, 5.41) is 13.3. The maximum Gasteiger partial charge on any atom is 0.124 e. The lowest BCUT2D eigenvalue weighted by Gasteiger charge is -2.13. The normalized spacial score (nSPS) is 11.6. The van der Waals surface area contributed by atoms with Gasteiger partial charge in [0.25, 0.3) is 0 Å². The number of hydrogen-bond acceptors (Lipinski definition) is 3. The summed E-state index contributed by atoms with van der Waals surface area (Å²) in [7, 11) is 1.57. The molecule has 1 unspecified atom stereocenters. The van der Waals surface area contributed by atoms with Crippen LogP contribution in [0.5, 0.6) is 5.75 Å². The third kappa shape index (κ3) is 3.46. The smallest absolute Gasteiger partial charge is 0.124 e. The maximum absolute atomic E-state index is 9.92. The predicted molar refractivity (Wildman–Crippen MR) is 61.2 cm³/mol. The molecule has 0 saturated carbocycles. The molecule has 0 aliphatic heterocycles. The highest BCUT2D eigenvalue weighted by Gasteiger charge is 2.11. The molecule has 0 fully saturated rings. The summed E-state index contributed by atoms with van der Waals surface area (Å²) in [6.07, 6.45) is 0.632. The molecule has 1 N–H and O–H groups in total. The fourth-order valence-electron chi connectivity index (χ4n) is 1.50. The monoisotopic (exact) mass is 221 g/mol. The molecule has 0 aromatic heterocycles. The minimum absolute atomic E-state index is 0.405. The van der Waals surface area contributed by atoms with E-state index < -0.39 is 6.10 Å². The molecule has 0 spiro atoms. The van der Waals surface area contributed by atoms with Crippen LogP contribution < -0.4 is 4.74 Å². The topological polar surface area (TPSA) is 78.2 Å². The van der Waals surface area contributed by atoms with Crippen LogP contribution in [0.25, 0.3) is 10.4 Å². The fourth-order valence-corrected chi connectivity index (χ4v) is 1.50. The highest BCUT2D eigenvalue weighted by atomic mass is 16.5. The van der Waals surface area contributed by atoms with E-state index in [0.717, 1.165) is 5.56 Å². The van der Waals surface area contributed by atoms with Gasteiger partial charge in [-0.3, -0.25) is 0 Å². The van der Waals surface area contributed by atoms with Gasteiger partial charge < -0.3 is 9.84 Å². The van der Waals surface area contributed by atoms with E-state index in [1.165, 1.54) is 0 Å². The van der Waals surface area contributed by atoms with Crippen LogP contribution in [-0.4, -0.2) is 18.8 Å². The molecular formula is C11H15N3O2. The van der Waals surface area contributed by atoms with E-state index in [0.29, 0.717) is 25.1 Å². The van der Waals surface area contributed by atoms with Gasteiger partial charge in [0.2, 0.25) is 0 Å². The van der Waals surface area contributed by atoms with Crippen LogP contribution in [0, 0.1) is 0 Å². The Balaban J connectivity index is 2.57. The van der Waals surface area contributed by atoms with Crippen molar-refractivity contribution in [3.05, 3.63) is 40.3 Å². The van der Waals surface area contributed by atoms with E-state index in [1.807, 2.05) is 24.3 Å². The maximum atomic E-state index is 9.92. The van der Waals surface area contributed by atoms with Crippen molar-refractivity contribution in [1.82, 2.24) is 0 Å². The highest BCUT2D eigenvalue weighted by molar-refractivity contribution is 5.34. The van der Waals surface area contributed by atoms with Crippen LogP contribution in [0.4, 0.5) is 0 Å². The summed E-state index contributed by atoms with van der Waals surface area (Å²) < 4.78 is 5.15. The van der Waals surface area contributed by atoms with Gasteiger partial charge in [-0.2, -0.15) is 0 Å². The van der Waals surface area contributed by atoms with Crippen LogP contribution >= 0.6 is 0 Å². The summed E-state index contributed by atoms with van der Waals surface area (Å²) >= 11 is 0. The van der Waals surface area contributed by atoms with Gasteiger partial charge in [-0.05, 0) is 24.4 Å². The Kier molecular flexibility index (Phi) is 5.19. The van der Waals surface area contributed by atoms with E-state index in [1.54, 1.807) is 7.11 Å². The molecule has 0 aliphatic carbocycles. The van der Waals surface area contributed by atoms with Crippen LogP contribution in [-0.2, 0) is 0 Å². The molecule has 1 atom stereocenters. The molecule has 0 radical (unpaired) electrons. The number of para-hydroxylation sites is 1. The van der Waals surface area contributed by atoms with E-state index in [4.69, 9.17) is 10.3 Å². The number of benzene rings is 1. The number of methoxy groups -OCH3 is 1. The lowest BCUT2D eigenvalue weighted by Crippen LogP contribution is -2.01. The summed E-state index contributed by atoms with van der Waals surface area (Å²) in [4.78, 5) is 2.66. The Morgan fingerprint density at radius 3 is 2.94 bits per heavy atom. The molecule has 0 aliphatic rings. The number of hydrogen-bond donors (Lipinski definition) is 1. The third-order valence-corrected chi connectivity index (χ3v) is 2.30. The Hall–Kier alpha value is -1.71. The Bertz CT molecular complexity index is 375. The standard InChI is InChI=1S/C11H15N3O2/c1-16-11-7-3-2-5-9(11)10(15)6-4-8-13-14-12/h2-3,5,7,10,15H,4,6,8H2,1H3. The largest absolute Gasteiger partial charge is 0.496 e. The Morgan fingerprint density at radius 1 is 1.50 bits per heavy atom. The predicted octanol–water partition coefficient (Wildman–Crippen LogP) is 2.82. The minimum Gasteiger partial charge on any atom is -0.496 e. The first-order valence-electron chi connectivity index (χ1n) is 5.11. The number of rotatable bonds is 6. The molecule has 1 rings (SSSR count). The molecule has 1 aromatic rings. The van der Waals surface area contributed by atoms with Gasteiger partial charge in [-0.1, -0.05) is 23.3 Å². The van der Waals surface area contributed by atoms with Crippen LogP contribution in [0.1, 0.15) is 24.5 Å². The van der Waals surface area contributed by atoms with Crippen molar-refractivity contribution in [2.75, 3.05) is 13.7 Å². The van der Waals surface area contributed by atoms with E-state index in [9.17, 15) is 5.11 Å². The minimum atomic E-state index is -0.579. The zero-order chi connectivity index (χ0) is 11.8. The zero-order valence-electron chi connectivity index (χ0n) is 9.21. The van der Waals surface area contributed by atoms with Crippen LogP contribution in [0.15, 0.2) is 29.4 Å². The van der Waals surface area contributed by atoms with Gasteiger partial charge in [0, 0.05) is 17.0 Å². The Labute approximate surface area is 94.3 Å². The van der Waals surface area contributed by atoms with Crippen molar-refractivity contribution < 1.29 is 9.84 Å². The fraction of sp³-hybridized carbons (Fsp3) is 0.455. The zero-order valence-corrected chi connectivity index (χ0v) is 9.21. The van der Waals surface area contributed by atoms with Crippen molar-refractivity contribution in [1.29, 1.82) is 0 Å². The first kappa shape index (κ1) is 12.4. The van der Waals surface area contributed by atoms with Crippen molar-refractivity contribution in [3.8, 4) is 5.75 Å². The van der Waals surface area contributed by atoms with E-state index >= 15 is 0 Å². The van der Waals surface area contributed by atoms with Crippen molar-refractivity contribution >= 4 is 0 Å². The molecule has 0 amide bonds. The summed E-state index contributed by atoms with van der Waals surface area (Å²) in [6, 6.07) is 7.35. The van der Waals surface area contributed by atoms with Crippen molar-refractivity contribution in [2.45, 2.75) is 18.9 Å². The summed E-state index contributed by atoms with van der Waals surface area (Å²) in [6.45, 7) is 0.405. The Morgan fingerprint density at radius 2 is 2.25 bits per heavy atom. The quantitative estimate of drug-likeness (QED) is 0.347. The number of azide groups is 1. The average Bonchev–Trinajstić information content (AvgIpc) is 2.34. The van der Waals surface area contributed by atoms with Crippen molar-refractivity contribution in [3.63, 3.8) is 0 Å². The third-order valence-electron chi connectivity index (χ3n) is 2.30. The van der Waals surface area contributed by atoms with Gasteiger partial charge in [-0.15, -0.1) is 0 Å². The van der Waals surface area contributed by atoms with Gasteiger partial charge in [0.1, 0.15) is 5.75 Å². The second-order valence-corrected chi connectivity index (χ2v) is 3.35. The first-order valence-corrected chi connectivity index (χ1v) is 5.11. The molecule has 0 bridgehead atoms. The van der Waals surface area contributed by atoms with E-state index in [-0.39, 0.29) is 0 Å². The SMILES string of the molecule is COc1ccccc1C(O)CCCN=[N+]=[N-]. The lowest BCUT2D eigenvalue weighted by molar-refractivity contribution is 0.161. The molecule has 0 heterocycles. The second kappa shape index (κ2) is 6.71. The molecule has 16 heavy (non-hydrogen) atoms. The molecule has 1 aromatic carbocycles. The van der Waals surface area contributed by atoms with E-state index in [2.05, 4.69) is 10.0 Å². The molecule has 0 saturated heterocycles. The van der Waals surface area contributed by atoms with Crippen molar-refractivity contribution in [2.24, 2.45) is 5.11 Å². The number of nitrogens with zero attached hydrogens (tertiary/aromatic N) is 3. The number of ether oxygens (including phenoxy) is 1. The summed E-state index contributed by atoms with van der Waals surface area (Å²) in [5.74, 6) is 0.679. The van der Waals surface area contributed by atoms with Gasteiger partial charge in [-0.25, -0.2) is 0 Å². The highest BCUT2D eigenvalue weighted by Crippen LogP contribution is 2.27. The number of aliphatic hydroxyl groups excluding tert-OH is 1. The van der Waals surface area contributed by atoms with Gasteiger partial charge in [0.15, 0.2) is 0 Å². The van der Waals surface area contributed by atoms with Crippen LogP contribution in [0.3, 0.4) is 0 Å². The lowest BCUT2D eigenvalue weighted by atomic mass is 10.0. The first-order chi connectivity index (χ1) is 7.79. The average molecular weight is 221 g/mol. The molecule has 5 nitrogen and oxygen atoms in total. The van der Waals surface area contributed by atoms with Gasteiger partial charge >= 0.3 is 0 Å². The van der Waals surface area contributed by atoms with Gasteiger partial charge in [0.05, 0.1) is 13.2 Å². The summed E-state index contributed by atoms with van der Waals surface area (Å²) in [5.41, 5.74) is 8.88. The number of aliphatic hydroxyl groups is 1.